The molecule has 0 spiro atoms. The van der Waals surface area contributed by atoms with E-state index in [1.54, 1.807) is 18.3 Å². The van der Waals surface area contributed by atoms with E-state index < -0.39 is 0 Å². The number of nitrogens with one attached hydrogen (secondary N) is 1. The van der Waals surface area contributed by atoms with Crippen LogP contribution < -0.4 is 11.1 Å². The normalized spacial score (nSPS) is 10.3. The van der Waals surface area contributed by atoms with E-state index in [1.807, 2.05) is 30.3 Å². The maximum atomic E-state index is 8.90. The van der Waals surface area contributed by atoms with Crippen molar-refractivity contribution in [3.8, 4) is 6.07 Å². The van der Waals surface area contributed by atoms with E-state index in [4.69, 9.17) is 11.0 Å². The van der Waals surface area contributed by atoms with Gasteiger partial charge in [0.25, 0.3) is 0 Å². The number of hydrogen-bond acceptors (Lipinski definition) is 4. The molecule has 5 heteroatoms. The molecule has 0 radical (unpaired) electrons. The van der Waals surface area contributed by atoms with Crippen molar-refractivity contribution in [1.82, 2.24) is 4.98 Å². The summed E-state index contributed by atoms with van der Waals surface area (Å²) in [6, 6.07) is 15.1. The summed E-state index contributed by atoms with van der Waals surface area (Å²) in [6.45, 7) is 0. The molecule has 3 aromatic rings. The van der Waals surface area contributed by atoms with Gasteiger partial charge in [-0.05, 0) is 58.4 Å². The van der Waals surface area contributed by atoms with Crippen LogP contribution in [0, 0.1) is 11.3 Å². The van der Waals surface area contributed by atoms with Gasteiger partial charge in [-0.2, -0.15) is 5.26 Å². The zero-order valence-electron chi connectivity index (χ0n) is 11.0. The maximum absolute atomic E-state index is 8.90. The van der Waals surface area contributed by atoms with Crippen LogP contribution in [0.4, 0.5) is 17.1 Å². The molecule has 4 nitrogen and oxygen atoms in total. The number of rotatable bonds is 2. The summed E-state index contributed by atoms with van der Waals surface area (Å²) in [6.07, 6.45) is 1.74. The molecule has 0 unspecified atom stereocenters. The molecule has 0 atom stereocenters. The Morgan fingerprint density at radius 2 is 1.95 bits per heavy atom. The molecule has 0 amide bonds. The van der Waals surface area contributed by atoms with E-state index >= 15 is 0 Å². The molecule has 0 aliphatic carbocycles. The minimum Gasteiger partial charge on any atom is -0.398 e. The molecular weight excluding hydrogens is 328 g/mol. The number of hydrogen-bond donors (Lipinski definition) is 2. The molecule has 0 aliphatic rings. The molecule has 1 aromatic heterocycles. The van der Waals surface area contributed by atoms with Crippen molar-refractivity contribution in [2.45, 2.75) is 0 Å². The number of halogens is 1. The van der Waals surface area contributed by atoms with Gasteiger partial charge >= 0.3 is 0 Å². The molecule has 0 bridgehead atoms. The third kappa shape index (κ3) is 2.54. The summed E-state index contributed by atoms with van der Waals surface area (Å²) >= 11 is 3.47. The predicted octanol–water partition coefficient (Wildman–Crippen LogP) is 4.19. The quantitative estimate of drug-likeness (QED) is 0.687. The lowest BCUT2D eigenvalue weighted by atomic mass is 10.1. The second-order valence-electron chi connectivity index (χ2n) is 4.53. The minimum absolute atomic E-state index is 0.604. The number of aromatic nitrogens is 1. The van der Waals surface area contributed by atoms with Crippen molar-refractivity contribution in [3.63, 3.8) is 0 Å². The van der Waals surface area contributed by atoms with Crippen LogP contribution in [0.2, 0.25) is 0 Å². The largest absolute Gasteiger partial charge is 0.398 e. The average molecular weight is 339 g/mol. The van der Waals surface area contributed by atoms with Crippen molar-refractivity contribution >= 4 is 43.9 Å². The number of nitriles is 1. The van der Waals surface area contributed by atoms with Crippen LogP contribution in [0.5, 0.6) is 0 Å². The second kappa shape index (κ2) is 5.43. The van der Waals surface area contributed by atoms with Crippen LogP contribution in [0.3, 0.4) is 0 Å². The number of nitrogens with two attached hydrogens (primary N) is 1. The molecule has 1 heterocycles. The number of benzene rings is 2. The van der Waals surface area contributed by atoms with Gasteiger partial charge in [0, 0.05) is 21.7 Å². The van der Waals surface area contributed by atoms with Crippen LogP contribution in [-0.4, -0.2) is 4.98 Å². The average Bonchev–Trinajstić information content (AvgIpc) is 2.52. The first-order valence-corrected chi connectivity index (χ1v) is 7.08. The van der Waals surface area contributed by atoms with Gasteiger partial charge < -0.3 is 11.1 Å². The Morgan fingerprint density at radius 1 is 1.14 bits per heavy atom. The smallest absolute Gasteiger partial charge is 0.0992 e. The standard InChI is InChI=1S/C16H11BrN4/c17-12-8-10(9-18)3-5-14(12)21-15-6-4-13(19)11-2-1-7-20-16(11)15/h1-8,21H,19H2. The summed E-state index contributed by atoms with van der Waals surface area (Å²) < 4.78 is 0.822. The van der Waals surface area contributed by atoms with Crippen molar-refractivity contribution < 1.29 is 0 Å². The Morgan fingerprint density at radius 3 is 2.71 bits per heavy atom. The van der Waals surface area contributed by atoms with E-state index in [2.05, 4.69) is 32.3 Å². The maximum Gasteiger partial charge on any atom is 0.0992 e. The third-order valence-electron chi connectivity index (χ3n) is 3.17. The van der Waals surface area contributed by atoms with Crippen LogP contribution in [0.15, 0.2) is 53.1 Å². The Hall–Kier alpha value is -2.58. The molecule has 0 saturated carbocycles. The molecule has 0 saturated heterocycles. The van der Waals surface area contributed by atoms with Crippen LogP contribution in [-0.2, 0) is 0 Å². The third-order valence-corrected chi connectivity index (χ3v) is 3.83. The fourth-order valence-corrected chi connectivity index (χ4v) is 2.60. The number of nitrogen functional groups attached to an aromatic ring is 1. The van der Waals surface area contributed by atoms with Crippen molar-refractivity contribution in [3.05, 3.63) is 58.7 Å². The Labute approximate surface area is 130 Å². The summed E-state index contributed by atoms with van der Waals surface area (Å²) in [5.41, 5.74) is 9.82. The van der Waals surface area contributed by atoms with Gasteiger partial charge in [-0.1, -0.05) is 0 Å². The topological polar surface area (TPSA) is 74.7 Å². The molecule has 3 rings (SSSR count). The fraction of sp³-hybridized carbons (Fsp3) is 0. The predicted molar refractivity (Wildman–Crippen MR) is 88.3 cm³/mol. The van der Waals surface area contributed by atoms with E-state index in [9.17, 15) is 0 Å². The summed E-state index contributed by atoms with van der Waals surface area (Å²) in [4.78, 5) is 4.39. The van der Waals surface area contributed by atoms with E-state index in [1.165, 1.54) is 0 Å². The lowest BCUT2D eigenvalue weighted by Crippen LogP contribution is -1.96. The monoisotopic (exact) mass is 338 g/mol. The van der Waals surface area contributed by atoms with Crippen molar-refractivity contribution in [2.75, 3.05) is 11.1 Å². The SMILES string of the molecule is N#Cc1ccc(Nc2ccc(N)c3cccnc23)c(Br)c1. The Balaban J connectivity index is 2.07. The molecular formula is C16H11BrN4. The summed E-state index contributed by atoms with van der Waals surface area (Å²) in [5, 5.41) is 13.1. The van der Waals surface area contributed by atoms with Gasteiger partial charge in [0.1, 0.15) is 0 Å². The summed E-state index contributed by atoms with van der Waals surface area (Å²) in [5.74, 6) is 0. The number of pyridine rings is 1. The molecule has 102 valence electrons. The van der Waals surface area contributed by atoms with Crippen molar-refractivity contribution in [2.24, 2.45) is 0 Å². The van der Waals surface area contributed by atoms with Gasteiger partial charge in [-0.25, -0.2) is 0 Å². The number of nitrogens with zero attached hydrogens (tertiary/aromatic N) is 2. The minimum atomic E-state index is 0.604. The molecule has 3 N–H and O–H groups in total. The highest BCUT2D eigenvalue weighted by Gasteiger charge is 2.07. The highest BCUT2D eigenvalue weighted by atomic mass is 79.9. The number of fused-ring (bicyclic) bond motifs is 1. The lowest BCUT2D eigenvalue weighted by molar-refractivity contribution is 1.40. The highest BCUT2D eigenvalue weighted by Crippen LogP contribution is 2.31. The zero-order chi connectivity index (χ0) is 14.8. The molecule has 2 aromatic carbocycles. The number of anilines is 3. The molecule has 0 aliphatic heterocycles. The molecule has 0 fully saturated rings. The van der Waals surface area contributed by atoms with Crippen LogP contribution >= 0.6 is 15.9 Å². The van der Waals surface area contributed by atoms with Gasteiger partial charge in [0.05, 0.1) is 28.5 Å². The van der Waals surface area contributed by atoms with E-state index in [0.717, 1.165) is 26.8 Å². The fourth-order valence-electron chi connectivity index (χ4n) is 2.13. The van der Waals surface area contributed by atoms with Crippen molar-refractivity contribution in [1.29, 1.82) is 5.26 Å². The van der Waals surface area contributed by atoms with Gasteiger partial charge in [0.2, 0.25) is 0 Å². The second-order valence-corrected chi connectivity index (χ2v) is 5.39. The highest BCUT2D eigenvalue weighted by molar-refractivity contribution is 9.10. The Bertz CT molecular complexity index is 868. The van der Waals surface area contributed by atoms with Crippen LogP contribution in [0.1, 0.15) is 5.56 Å². The first-order valence-electron chi connectivity index (χ1n) is 6.29. The lowest BCUT2D eigenvalue weighted by Gasteiger charge is -2.12. The van der Waals surface area contributed by atoms with Gasteiger partial charge in [-0.15, -0.1) is 0 Å². The van der Waals surface area contributed by atoms with Crippen LogP contribution in [0.25, 0.3) is 10.9 Å². The van der Waals surface area contributed by atoms with Gasteiger partial charge in [-0.3, -0.25) is 4.98 Å². The van der Waals surface area contributed by atoms with E-state index in [-0.39, 0.29) is 0 Å². The van der Waals surface area contributed by atoms with Gasteiger partial charge in [0.15, 0.2) is 0 Å². The van der Waals surface area contributed by atoms with E-state index in [0.29, 0.717) is 11.3 Å². The zero-order valence-corrected chi connectivity index (χ0v) is 12.6. The summed E-state index contributed by atoms with van der Waals surface area (Å²) in [7, 11) is 0. The first kappa shape index (κ1) is 13.4. The molecule has 21 heavy (non-hydrogen) atoms. The first-order chi connectivity index (χ1) is 10.2. The Kier molecular flexibility index (Phi) is 3.46.